The molecule has 0 aromatic rings. The van der Waals surface area contributed by atoms with Gasteiger partial charge in [0.2, 0.25) is 0 Å². The lowest BCUT2D eigenvalue weighted by molar-refractivity contribution is -0.223. The van der Waals surface area contributed by atoms with Gasteiger partial charge in [0, 0.05) is 20.1 Å². The SMILES string of the molecule is CCCCCCCCCCCCCCCCCCOCC1(CC(C)OC(C)(C)OC)CO1. The van der Waals surface area contributed by atoms with Gasteiger partial charge in [-0.25, -0.2) is 0 Å². The molecule has 1 saturated heterocycles. The van der Waals surface area contributed by atoms with Crippen molar-refractivity contribution in [2.75, 3.05) is 26.9 Å². The molecule has 0 amide bonds. The van der Waals surface area contributed by atoms with E-state index in [9.17, 15) is 0 Å². The Morgan fingerprint density at radius 2 is 1.22 bits per heavy atom. The van der Waals surface area contributed by atoms with E-state index in [1.807, 2.05) is 13.8 Å². The Morgan fingerprint density at radius 3 is 1.62 bits per heavy atom. The van der Waals surface area contributed by atoms with Crippen LogP contribution in [0.25, 0.3) is 0 Å². The summed E-state index contributed by atoms with van der Waals surface area (Å²) in [5, 5.41) is 0. The summed E-state index contributed by atoms with van der Waals surface area (Å²) in [7, 11) is 1.68. The molecule has 0 saturated carbocycles. The second kappa shape index (κ2) is 18.2. The van der Waals surface area contributed by atoms with Gasteiger partial charge in [0.25, 0.3) is 0 Å². The topological polar surface area (TPSA) is 40.2 Å². The molecule has 32 heavy (non-hydrogen) atoms. The standard InChI is InChI=1S/C28H56O4/c1-6-7-8-9-10-11-12-13-14-15-16-17-18-19-20-21-22-30-24-28(25-31-28)23-26(2)32-27(3,4)29-5/h26H,6-25H2,1-5H3. The third kappa shape index (κ3) is 16.5. The van der Waals surface area contributed by atoms with Crippen molar-refractivity contribution in [1.82, 2.24) is 0 Å². The zero-order chi connectivity index (χ0) is 23.5. The number of hydrogen-bond acceptors (Lipinski definition) is 4. The second-order valence-electron chi connectivity index (χ2n) is 10.6. The normalized spacial score (nSPS) is 19.4. The van der Waals surface area contributed by atoms with E-state index in [4.69, 9.17) is 18.9 Å². The Bertz CT molecular complexity index is 420. The molecule has 1 aliphatic heterocycles. The van der Waals surface area contributed by atoms with Crippen LogP contribution in [0.1, 0.15) is 137 Å². The van der Waals surface area contributed by atoms with E-state index in [2.05, 4.69) is 13.8 Å². The van der Waals surface area contributed by atoms with Crippen LogP contribution >= 0.6 is 0 Å². The molecular formula is C28H56O4. The Kier molecular flexibility index (Phi) is 17.0. The highest BCUT2D eigenvalue weighted by atomic mass is 16.7. The lowest BCUT2D eigenvalue weighted by Gasteiger charge is -2.29. The molecule has 2 unspecified atom stereocenters. The van der Waals surface area contributed by atoms with Gasteiger partial charge >= 0.3 is 0 Å². The van der Waals surface area contributed by atoms with E-state index in [0.717, 1.165) is 26.1 Å². The number of rotatable bonds is 24. The zero-order valence-electron chi connectivity index (χ0n) is 22.4. The van der Waals surface area contributed by atoms with Gasteiger partial charge < -0.3 is 18.9 Å². The van der Waals surface area contributed by atoms with E-state index in [1.165, 1.54) is 96.3 Å². The van der Waals surface area contributed by atoms with Crippen LogP contribution in [-0.2, 0) is 18.9 Å². The Hall–Kier alpha value is -0.160. The molecule has 4 heteroatoms. The maximum Gasteiger partial charge on any atom is 0.162 e. The van der Waals surface area contributed by atoms with E-state index < -0.39 is 5.79 Å². The molecular weight excluding hydrogens is 400 g/mol. The fraction of sp³-hybridized carbons (Fsp3) is 1.00. The Morgan fingerprint density at radius 1 is 0.781 bits per heavy atom. The molecule has 1 heterocycles. The fourth-order valence-electron chi connectivity index (χ4n) is 4.47. The van der Waals surface area contributed by atoms with Crippen LogP contribution in [0, 0.1) is 0 Å². The summed E-state index contributed by atoms with van der Waals surface area (Å²) in [6.07, 6.45) is 23.3. The van der Waals surface area contributed by atoms with Crippen LogP contribution in [0.2, 0.25) is 0 Å². The first-order chi connectivity index (χ1) is 15.4. The molecule has 2 atom stereocenters. The number of methoxy groups -OCH3 is 1. The minimum atomic E-state index is -0.552. The lowest BCUT2D eigenvalue weighted by atomic mass is 10.0. The van der Waals surface area contributed by atoms with Gasteiger partial charge in [0.15, 0.2) is 5.79 Å². The van der Waals surface area contributed by atoms with Gasteiger partial charge in [0.05, 0.1) is 19.3 Å². The van der Waals surface area contributed by atoms with Crippen LogP contribution in [0.3, 0.4) is 0 Å². The van der Waals surface area contributed by atoms with Gasteiger partial charge in [-0.3, -0.25) is 0 Å². The highest BCUT2D eigenvalue weighted by molar-refractivity contribution is 4.94. The highest BCUT2D eigenvalue weighted by Gasteiger charge is 2.46. The van der Waals surface area contributed by atoms with Gasteiger partial charge in [-0.2, -0.15) is 0 Å². The molecule has 0 aromatic heterocycles. The first kappa shape index (κ1) is 29.9. The fourth-order valence-corrected chi connectivity index (χ4v) is 4.47. The van der Waals surface area contributed by atoms with Crippen molar-refractivity contribution in [2.24, 2.45) is 0 Å². The van der Waals surface area contributed by atoms with E-state index in [-0.39, 0.29) is 11.7 Å². The molecule has 0 aromatic carbocycles. The van der Waals surface area contributed by atoms with Crippen molar-refractivity contribution >= 4 is 0 Å². The minimum absolute atomic E-state index is 0.0894. The summed E-state index contributed by atoms with van der Waals surface area (Å²) < 4.78 is 22.9. The maximum absolute atomic E-state index is 5.95. The van der Waals surface area contributed by atoms with Gasteiger partial charge in [-0.15, -0.1) is 0 Å². The number of ether oxygens (including phenoxy) is 4. The van der Waals surface area contributed by atoms with Crippen molar-refractivity contribution in [2.45, 2.75) is 154 Å². The number of hydrogen-bond donors (Lipinski definition) is 0. The average molecular weight is 457 g/mol. The third-order valence-corrected chi connectivity index (χ3v) is 6.70. The average Bonchev–Trinajstić information content (AvgIpc) is 3.51. The predicted molar refractivity (Wildman–Crippen MR) is 135 cm³/mol. The van der Waals surface area contributed by atoms with E-state index in [0.29, 0.717) is 6.61 Å². The quantitative estimate of drug-likeness (QED) is 0.0833. The molecule has 4 nitrogen and oxygen atoms in total. The van der Waals surface area contributed by atoms with Crippen molar-refractivity contribution < 1.29 is 18.9 Å². The summed E-state index contributed by atoms with van der Waals surface area (Å²) in [5.41, 5.74) is -0.127. The van der Waals surface area contributed by atoms with Crippen molar-refractivity contribution in [3.63, 3.8) is 0 Å². The summed E-state index contributed by atoms with van der Waals surface area (Å²) in [4.78, 5) is 0. The Labute approximate surface area is 200 Å². The van der Waals surface area contributed by atoms with Crippen LogP contribution < -0.4 is 0 Å². The monoisotopic (exact) mass is 456 g/mol. The Balaban J connectivity index is 1.82. The van der Waals surface area contributed by atoms with Crippen molar-refractivity contribution in [3.05, 3.63) is 0 Å². The smallest absolute Gasteiger partial charge is 0.162 e. The van der Waals surface area contributed by atoms with Crippen LogP contribution in [0.5, 0.6) is 0 Å². The first-order valence-electron chi connectivity index (χ1n) is 13.9. The van der Waals surface area contributed by atoms with E-state index in [1.54, 1.807) is 7.11 Å². The van der Waals surface area contributed by atoms with Crippen molar-refractivity contribution in [1.29, 1.82) is 0 Å². The first-order valence-corrected chi connectivity index (χ1v) is 13.9. The van der Waals surface area contributed by atoms with Gasteiger partial charge in [-0.05, 0) is 27.2 Å². The molecule has 1 aliphatic rings. The maximum atomic E-state index is 5.95. The molecule has 192 valence electrons. The molecule has 0 radical (unpaired) electrons. The zero-order valence-corrected chi connectivity index (χ0v) is 22.4. The molecule has 0 aliphatic carbocycles. The summed E-state index contributed by atoms with van der Waals surface area (Å²) >= 11 is 0. The summed E-state index contributed by atoms with van der Waals surface area (Å²) in [6, 6.07) is 0. The van der Waals surface area contributed by atoms with Crippen LogP contribution in [-0.4, -0.2) is 44.4 Å². The predicted octanol–water partition coefficient (Wildman–Crippen LogP) is 8.21. The van der Waals surface area contributed by atoms with Gasteiger partial charge in [-0.1, -0.05) is 103 Å². The summed E-state index contributed by atoms with van der Waals surface area (Å²) in [5.74, 6) is -0.552. The number of unbranched alkanes of at least 4 members (excludes halogenated alkanes) is 15. The summed E-state index contributed by atoms with van der Waals surface area (Å²) in [6.45, 7) is 10.6. The van der Waals surface area contributed by atoms with Crippen molar-refractivity contribution in [3.8, 4) is 0 Å². The van der Waals surface area contributed by atoms with Gasteiger partial charge in [0.1, 0.15) is 5.60 Å². The molecule has 0 N–H and O–H groups in total. The van der Waals surface area contributed by atoms with Crippen LogP contribution in [0.15, 0.2) is 0 Å². The largest absolute Gasteiger partial charge is 0.378 e. The third-order valence-electron chi connectivity index (χ3n) is 6.70. The molecule has 0 bridgehead atoms. The number of epoxide rings is 1. The molecule has 1 fully saturated rings. The van der Waals surface area contributed by atoms with E-state index >= 15 is 0 Å². The molecule has 0 spiro atoms. The second-order valence-corrected chi connectivity index (χ2v) is 10.6. The van der Waals surface area contributed by atoms with Crippen LogP contribution in [0.4, 0.5) is 0 Å². The minimum Gasteiger partial charge on any atom is -0.378 e. The lowest BCUT2D eigenvalue weighted by Crippen LogP contribution is -2.34. The highest BCUT2D eigenvalue weighted by Crippen LogP contribution is 2.34. The molecule has 1 rings (SSSR count).